The fourth-order valence-electron chi connectivity index (χ4n) is 2.32. The molecule has 0 saturated carbocycles. The number of halogens is 2. The maximum Gasteiger partial charge on any atom is 0.126 e. The van der Waals surface area contributed by atoms with Crippen LogP contribution in [0.2, 0.25) is 0 Å². The molecule has 1 aromatic rings. The molecule has 0 amide bonds. The molecule has 19 heavy (non-hydrogen) atoms. The maximum atomic E-state index is 13.7. The van der Waals surface area contributed by atoms with E-state index in [1.54, 1.807) is 0 Å². The van der Waals surface area contributed by atoms with Gasteiger partial charge >= 0.3 is 0 Å². The Kier molecular flexibility index (Phi) is 6.43. The van der Waals surface area contributed by atoms with Gasteiger partial charge in [0.1, 0.15) is 11.6 Å². The Hall–Kier alpha value is -0.960. The highest BCUT2D eigenvalue weighted by atomic mass is 19.1. The summed E-state index contributed by atoms with van der Waals surface area (Å²) in [5.74, 6) is 0.213. The third-order valence-corrected chi connectivity index (χ3v) is 3.14. The minimum absolute atomic E-state index is 0.306. The van der Waals surface area contributed by atoms with Crippen molar-refractivity contribution in [2.24, 2.45) is 11.8 Å². The average Bonchev–Trinajstić information content (AvgIpc) is 2.30. The van der Waals surface area contributed by atoms with Crippen molar-refractivity contribution in [1.82, 2.24) is 5.32 Å². The van der Waals surface area contributed by atoms with Crippen LogP contribution in [0.1, 0.15) is 39.7 Å². The third-order valence-electron chi connectivity index (χ3n) is 3.14. The lowest BCUT2D eigenvalue weighted by molar-refractivity contribution is 0.368. The van der Waals surface area contributed by atoms with Gasteiger partial charge in [-0.1, -0.05) is 27.7 Å². The predicted octanol–water partition coefficient (Wildman–Crippen LogP) is 4.17. The Morgan fingerprint density at radius 2 is 1.79 bits per heavy atom. The van der Waals surface area contributed by atoms with Gasteiger partial charge in [0, 0.05) is 6.04 Å². The highest BCUT2D eigenvalue weighted by molar-refractivity contribution is 5.19. The van der Waals surface area contributed by atoms with Gasteiger partial charge in [-0.05, 0) is 55.0 Å². The lowest BCUT2D eigenvalue weighted by Crippen LogP contribution is -2.30. The molecule has 0 aliphatic rings. The van der Waals surface area contributed by atoms with Crippen LogP contribution < -0.4 is 5.32 Å². The molecule has 0 saturated heterocycles. The van der Waals surface area contributed by atoms with Crippen LogP contribution in [0, 0.1) is 23.5 Å². The number of rotatable bonds is 7. The standard InChI is InChI=1S/C16H25F2N/c1-11(2)7-13(10-19-12(3)4)8-14-9-15(17)5-6-16(14)18/h5-6,9,11-13,19H,7-8,10H2,1-4H3. The Bertz CT molecular complexity index is 388. The Morgan fingerprint density at radius 3 is 2.37 bits per heavy atom. The zero-order valence-corrected chi connectivity index (χ0v) is 12.3. The van der Waals surface area contributed by atoms with Crippen LogP contribution in [-0.4, -0.2) is 12.6 Å². The van der Waals surface area contributed by atoms with Crippen LogP contribution >= 0.6 is 0 Å². The molecule has 1 N–H and O–H groups in total. The number of hydrogen-bond donors (Lipinski definition) is 1. The minimum Gasteiger partial charge on any atom is -0.314 e. The number of hydrogen-bond acceptors (Lipinski definition) is 1. The summed E-state index contributed by atoms with van der Waals surface area (Å²) < 4.78 is 26.9. The van der Waals surface area contributed by atoms with Crippen molar-refractivity contribution >= 4 is 0 Å². The fourth-order valence-corrected chi connectivity index (χ4v) is 2.32. The molecule has 1 atom stereocenters. The predicted molar refractivity (Wildman–Crippen MR) is 76.1 cm³/mol. The molecule has 1 aromatic carbocycles. The topological polar surface area (TPSA) is 12.0 Å². The van der Waals surface area contributed by atoms with E-state index in [0.717, 1.165) is 13.0 Å². The highest BCUT2D eigenvalue weighted by Gasteiger charge is 2.15. The van der Waals surface area contributed by atoms with Crippen LogP contribution in [0.15, 0.2) is 18.2 Å². The van der Waals surface area contributed by atoms with E-state index in [1.807, 2.05) is 0 Å². The zero-order valence-electron chi connectivity index (χ0n) is 12.3. The smallest absolute Gasteiger partial charge is 0.126 e. The van der Waals surface area contributed by atoms with Crippen LogP contribution in [-0.2, 0) is 6.42 Å². The van der Waals surface area contributed by atoms with Gasteiger partial charge in [0.05, 0.1) is 0 Å². The fraction of sp³-hybridized carbons (Fsp3) is 0.625. The molecule has 0 fully saturated rings. The van der Waals surface area contributed by atoms with Gasteiger partial charge in [-0.3, -0.25) is 0 Å². The Balaban J connectivity index is 2.72. The van der Waals surface area contributed by atoms with Crippen molar-refractivity contribution in [3.05, 3.63) is 35.4 Å². The molecule has 1 nitrogen and oxygen atoms in total. The van der Waals surface area contributed by atoms with Gasteiger partial charge in [-0.15, -0.1) is 0 Å². The van der Waals surface area contributed by atoms with E-state index in [2.05, 4.69) is 33.0 Å². The van der Waals surface area contributed by atoms with Gasteiger partial charge in [-0.2, -0.15) is 0 Å². The molecule has 108 valence electrons. The number of nitrogens with one attached hydrogen (secondary N) is 1. The second-order valence-corrected chi connectivity index (χ2v) is 6.00. The van der Waals surface area contributed by atoms with E-state index >= 15 is 0 Å². The average molecular weight is 269 g/mol. The molecule has 0 radical (unpaired) electrons. The molecule has 0 aromatic heterocycles. The van der Waals surface area contributed by atoms with Crippen molar-refractivity contribution in [2.45, 2.75) is 46.6 Å². The van der Waals surface area contributed by atoms with Gasteiger partial charge in [-0.25, -0.2) is 8.78 Å². The molecule has 3 heteroatoms. The zero-order chi connectivity index (χ0) is 14.4. The lowest BCUT2D eigenvalue weighted by atomic mass is 9.90. The van der Waals surface area contributed by atoms with Crippen LogP contribution in [0.4, 0.5) is 8.78 Å². The Morgan fingerprint density at radius 1 is 1.11 bits per heavy atom. The lowest BCUT2D eigenvalue weighted by Gasteiger charge is -2.21. The number of benzene rings is 1. The molecule has 1 unspecified atom stereocenters. The van der Waals surface area contributed by atoms with E-state index in [4.69, 9.17) is 0 Å². The van der Waals surface area contributed by atoms with E-state index in [9.17, 15) is 8.78 Å². The van der Waals surface area contributed by atoms with Gasteiger partial charge in [0.25, 0.3) is 0 Å². The first-order chi connectivity index (χ1) is 8.88. The largest absolute Gasteiger partial charge is 0.314 e. The summed E-state index contributed by atoms with van der Waals surface area (Å²) >= 11 is 0. The van der Waals surface area contributed by atoms with Crippen molar-refractivity contribution < 1.29 is 8.78 Å². The van der Waals surface area contributed by atoms with Crippen molar-refractivity contribution in [3.8, 4) is 0 Å². The summed E-state index contributed by atoms with van der Waals surface area (Å²) in [6.45, 7) is 9.34. The molecule has 0 bridgehead atoms. The van der Waals surface area contributed by atoms with E-state index in [1.165, 1.54) is 18.2 Å². The summed E-state index contributed by atoms with van der Waals surface area (Å²) in [6.07, 6.45) is 1.59. The van der Waals surface area contributed by atoms with Gasteiger partial charge < -0.3 is 5.32 Å². The van der Waals surface area contributed by atoms with E-state index < -0.39 is 0 Å². The first-order valence-corrected chi connectivity index (χ1v) is 7.05. The summed E-state index contributed by atoms with van der Waals surface area (Å²) in [5, 5.41) is 3.39. The van der Waals surface area contributed by atoms with Crippen LogP contribution in [0.5, 0.6) is 0 Å². The molecule has 0 heterocycles. The third kappa shape index (κ3) is 6.15. The quantitative estimate of drug-likeness (QED) is 0.783. The first-order valence-electron chi connectivity index (χ1n) is 7.05. The molecule has 1 rings (SSSR count). The summed E-state index contributed by atoms with van der Waals surface area (Å²) in [5.41, 5.74) is 0.483. The SMILES string of the molecule is CC(C)CC(CNC(C)C)Cc1cc(F)ccc1F. The monoisotopic (exact) mass is 269 g/mol. The molecular weight excluding hydrogens is 244 g/mol. The van der Waals surface area contributed by atoms with Crippen molar-refractivity contribution in [2.75, 3.05) is 6.54 Å². The summed E-state index contributed by atoms with van der Waals surface area (Å²) in [4.78, 5) is 0. The van der Waals surface area contributed by atoms with Gasteiger partial charge in [0.15, 0.2) is 0 Å². The second kappa shape index (κ2) is 7.59. The Labute approximate surface area is 115 Å². The maximum absolute atomic E-state index is 13.7. The highest BCUT2D eigenvalue weighted by Crippen LogP contribution is 2.20. The summed E-state index contributed by atoms with van der Waals surface area (Å²) in [7, 11) is 0. The van der Waals surface area contributed by atoms with Crippen molar-refractivity contribution in [1.29, 1.82) is 0 Å². The van der Waals surface area contributed by atoms with Crippen molar-refractivity contribution in [3.63, 3.8) is 0 Å². The summed E-state index contributed by atoms with van der Waals surface area (Å²) in [6, 6.07) is 4.11. The molecule has 0 aliphatic heterocycles. The minimum atomic E-state index is -0.364. The van der Waals surface area contributed by atoms with E-state index in [-0.39, 0.29) is 11.6 Å². The van der Waals surface area contributed by atoms with Crippen LogP contribution in [0.25, 0.3) is 0 Å². The first kappa shape index (κ1) is 16.1. The van der Waals surface area contributed by atoms with E-state index in [0.29, 0.717) is 29.9 Å². The normalized spacial score (nSPS) is 13.3. The second-order valence-electron chi connectivity index (χ2n) is 6.00. The molecule has 0 spiro atoms. The van der Waals surface area contributed by atoms with Gasteiger partial charge in [0.2, 0.25) is 0 Å². The molecular formula is C16H25F2N. The molecule has 0 aliphatic carbocycles. The van der Waals surface area contributed by atoms with Crippen LogP contribution in [0.3, 0.4) is 0 Å².